The fraction of sp³-hybridized carbons (Fsp3) is 0.400. The highest BCUT2D eigenvalue weighted by Gasteiger charge is 1.97. The van der Waals surface area contributed by atoms with E-state index in [4.69, 9.17) is 5.11 Å². The molecule has 0 saturated heterocycles. The molecular formula is C10H15N3O2. The average molecular weight is 209 g/mol. The van der Waals surface area contributed by atoms with Gasteiger partial charge in [-0.25, -0.2) is 4.79 Å². The van der Waals surface area contributed by atoms with Crippen molar-refractivity contribution in [2.45, 2.75) is 13.5 Å². The Hall–Kier alpha value is -1.62. The van der Waals surface area contributed by atoms with E-state index in [1.807, 2.05) is 13.2 Å². The monoisotopic (exact) mass is 209 g/mol. The summed E-state index contributed by atoms with van der Waals surface area (Å²) >= 11 is 0. The van der Waals surface area contributed by atoms with Gasteiger partial charge in [0.1, 0.15) is 0 Å². The molecule has 0 saturated carbocycles. The molecule has 5 nitrogen and oxygen atoms in total. The Morgan fingerprint density at radius 1 is 1.73 bits per heavy atom. The molecule has 1 heterocycles. The highest BCUT2D eigenvalue weighted by atomic mass is 16.4. The molecular weight excluding hydrogens is 194 g/mol. The zero-order valence-corrected chi connectivity index (χ0v) is 8.90. The SMILES string of the molecule is CC(=CC(=O)O)CNCc1cnn(C)c1. The van der Waals surface area contributed by atoms with Gasteiger partial charge in [0.25, 0.3) is 0 Å². The van der Waals surface area contributed by atoms with Gasteiger partial charge in [-0.2, -0.15) is 5.10 Å². The first kappa shape index (κ1) is 11.5. The van der Waals surface area contributed by atoms with Gasteiger partial charge in [0, 0.05) is 38.0 Å². The predicted octanol–water partition coefficient (Wildman–Crippen LogP) is 0.541. The van der Waals surface area contributed by atoms with Crippen LogP contribution in [0.4, 0.5) is 0 Å². The summed E-state index contributed by atoms with van der Waals surface area (Å²) in [4.78, 5) is 10.3. The molecule has 0 aliphatic heterocycles. The van der Waals surface area contributed by atoms with Gasteiger partial charge in [-0.05, 0) is 6.92 Å². The van der Waals surface area contributed by atoms with E-state index < -0.39 is 5.97 Å². The van der Waals surface area contributed by atoms with Crippen molar-refractivity contribution in [3.05, 3.63) is 29.6 Å². The molecule has 0 spiro atoms. The van der Waals surface area contributed by atoms with Gasteiger partial charge >= 0.3 is 5.97 Å². The lowest BCUT2D eigenvalue weighted by Crippen LogP contribution is -2.15. The summed E-state index contributed by atoms with van der Waals surface area (Å²) in [5.41, 5.74) is 1.88. The van der Waals surface area contributed by atoms with Gasteiger partial charge < -0.3 is 10.4 Å². The molecule has 2 N–H and O–H groups in total. The molecule has 0 aliphatic rings. The second-order valence-electron chi connectivity index (χ2n) is 3.45. The normalized spacial score (nSPS) is 11.7. The summed E-state index contributed by atoms with van der Waals surface area (Å²) in [5, 5.41) is 15.7. The number of hydrogen-bond donors (Lipinski definition) is 2. The summed E-state index contributed by atoms with van der Waals surface area (Å²) in [6.07, 6.45) is 4.91. The largest absolute Gasteiger partial charge is 0.478 e. The van der Waals surface area contributed by atoms with Crippen LogP contribution in [-0.4, -0.2) is 27.4 Å². The van der Waals surface area contributed by atoms with E-state index >= 15 is 0 Å². The Labute approximate surface area is 88.4 Å². The zero-order valence-electron chi connectivity index (χ0n) is 8.90. The Morgan fingerprint density at radius 2 is 2.47 bits per heavy atom. The van der Waals surface area contributed by atoms with E-state index in [1.54, 1.807) is 17.8 Å². The van der Waals surface area contributed by atoms with E-state index in [0.717, 1.165) is 11.1 Å². The van der Waals surface area contributed by atoms with E-state index in [1.165, 1.54) is 6.08 Å². The summed E-state index contributed by atoms with van der Waals surface area (Å²) in [5.74, 6) is -0.907. The van der Waals surface area contributed by atoms with Crippen molar-refractivity contribution < 1.29 is 9.90 Å². The Bertz CT molecular complexity index is 368. The minimum absolute atomic E-state index is 0.571. The minimum atomic E-state index is -0.907. The van der Waals surface area contributed by atoms with E-state index in [9.17, 15) is 4.79 Å². The molecule has 0 atom stereocenters. The van der Waals surface area contributed by atoms with Crippen LogP contribution in [0.1, 0.15) is 12.5 Å². The fourth-order valence-corrected chi connectivity index (χ4v) is 1.23. The third-order valence-corrected chi connectivity index (χ3v) is 1.86. The molecule has 0 aliphatic carbocycles. The maximum atomic E-state index is 10.3. The Balaban J connectivity index is 2.30. The molecule has 82 valence electrons. The van der Waals surface area contributed by atoms with E-state index in [0.29, 0.717) is 13.1 Å². The van der Waals surface area contributed by atoms with Gasteiger partial charge in [-0.3, -0.25) is 4.68 Å². The lowest BCUT2D eigenvalue weighted by Gasteiger charge is -2.01. The van der Waals surface area contributed by atoms with Crippen molar-refractivity contribution in [1.82, 2.24) is 15.1 Å². The Kier molecular flexibility index (Phi) is 4.05. The van der Waals surface area contributed by atoms with Crippen molar-refractivity contribution in [1.29, 1.82) is 0 Å². The van der Waals surface area contributed by atoms with Gasteiger partial charge in [0.05, 0.1) is 6.20 Å². The maximum absolute atomic E-state index is 10.3. The number of aromatic nitrogens is 2. The van der Waals surface area contributed by atoms with E-state index in [2.05, 4.69) is 10.4 Å². The molecule has 0 fully saturated rings. The van der Waals surface area contributed by atoms with Gasteiger partial charge in [-0.1, -0.05) is 5.57 Å². The van der Waals surface area contributed by atoms with Crippen molar-refractivity contribution in [2.75, 3.05) is 6.54 Å². The summed E-state index contributed by atoms with van der Waals surface area (Å²) in [6.45, 7) is 3.05. The van der Waals surface area contributed by atoms with Gasteiger partial charge in [0.15, 0.2) is 0 Å². The highest BCUT2D eigenvalue weighted by Crippen LogP contribution is 1.96. The molecule has 0 amide bonds. The standard InChI is InChI=1S/C10H15N3O2/c1-8(3-10(14)15)4-11-5-9-6-12-13(2)7-9/h3,6-7,11H,4-5H2,1-2H3,(H,14,15). The smallest absolute Gasteiger partial charge is 0.328 e. The number of nitrogens with zero attached hydrogens (tertiary/aromatic N) is 2. The predicted molar refractivity (Wildman–Crippen MR) is 56.3 cm³/mol. The molecule has 0 aromatic carbocycles. The van der Waals surface area contributed by atoms with Crippen LogP contribution in [0, 0.1) is 0 Å². The number of nitrogens with one attached hydrogen (secondary N) is 1. The lowest BCUT2D eigenvalue weighted by atomic mass is 10.2. The van der Waals surface area contributed by atoms with Crippen molar-refractivity contribution >= 4 is 5.97 Å². The number of hydrogen-bond acceptors (Lipinski definition) is 3. The number of carboxylic acid groups (broad SMARTS) is 1. The first-order valence-corrected chi connectivity index (χ1v) is 4.66. The first-order chi connectivity index (χ1) is 7.08. The first-order valence-electron chi connectivity index (χ1n) is 4.66. The van der Waals surface area contributed by atoms with Crippen LogP contribution in [0.25, 0.3) is 0 Å². The van der Waals surface area contributed by atoms with Crippen LogP contribution in [-0.2, 0) is 18.4 Å². The lowest BCUT2D eigenvalue weighted by molar-refractivity contribution is -0.131. The maximum Gasteiger partial charge on any atom is 0.328 e. The van der Waals surface area contributed by atoms with Gasteiger partial charge in [0.2, 0.25) is 0 Å². The molecule has 1 aromatic rings. The molecule has 0 unspecified atom stereocenters. The van der Waals surface area contributed by atoms with Crippen molar-refractivity contribution in [3.63, 3.8) is 0 Å². The summed E-state index contributed by atoms with van der Waals surface area (Å²) in [6, 6.07) is 0. The van der Waals surface area contributed by atoms with Crippen LogP contribution in [0.2, 0.25) is 0 Å². The number of rotatable bonds is 5. The number of aryl methyl sites for hydroxylation is 1. The Morgan fingerprint density at radius 3 is 3.00 bits per heavy atom. The van der Waals surface area contributed by atoms with Crippen LogP contribution in [0.3, 0.4) is 0 Å². The van der Waals surface area contributed by atoms with Crippen LogP contribution in [0.15, 0.2) is 24.0 Å². The quantitative estimate of drug-likeness (QED) is 0.695. The van der Waals surface area contributed by atoms with Gasteiger partial charge in [-0.15, -0.1) is 0 Å². The fourth-order valence-electron chi connectivity index (χ4n) is 1.23. The topological polar surface area (TPSA) is 67.2 Å². The zero-order chi connectivity index (χ0) is 11.3. The average Bonchev–Trinajstić information content (AvgIpc) is 2.50. The third kappa shape index (κ3) is 4.42. The molecule has 5 heteroatoms. The number of carboxylic acids is 1. The van der Waals surface area contributed by atoms with Crippen LogP contribution >= 0.6 is 0 Å². The summed E-state index contributed by atoms with van der Waals surface area (Å²) in [7, 11) is 1.86. The highest BCUT2D eigenvalue weighted by molar-refractivity contribution is 5.80. The second-order valence-corrected chi connectivity index (χ2v) is 3.45. The minimum Gasteiger partial charge on any atom is -0.478 e. The molecule has 1 rings (SSSR count). The summed E-state index contributed by atoms with van der Waals surface area (Å²) < 4.78 is 1.73. The third-order valence-electron chi connectivity index (χ3n) is 1.86. The van der Waals surface area contributed by atoms with Crippen LogP contribution in [0.5, 0.6) is 0 Å². The second kappa shape index (κ2) is 5.31. The number of carbonyl (C=O) groups is 1. The van der Waals surface area contributed by atoms with Crippen molar-refractivity contribution in [3.8, 4) is 0 Å². The molecule has 0 bridgehead atoms. The number of aliphatic carboxylic acids is 1. The molecule has 15 heavy (non-hydrogen) atoms. The van der Waals surface area contributed by atoms with E-state index in [-0.39, 0.29) is 0 Å². The molecule has 1 aromatic heterocycles. The van der Waals surface area contributed by atoms with Crippen LogP contribution < -0.4 is 5.32 Å². The molecule has 0 radical (unpaired) electrons. The van der Waals surface area contributed by atoms with Crippen molar-refractivity contribution in [2.24, 2.45) is 7.05 Å².